The first-order chi connectivity index (χ1) is 9.56. The molecule has 2 aliphatic rings. The smallest absolute Gasteiger partial charge is 0.225 e. The van der Waals surface area contributed by atoms with Gasteiger partial charge in [0.25, 0.3) is 0 Å². The van der Waals surface area contributed by atoms with Crippen LogP contribution < -0.4 is 5.32 Å². The van der Waals surface area contributed by atoms with Gasteiger partial charge in [-0.15, -0.1) is 0 Å². The third-order valence-electron chi connectivity index (χ3n) is 3.83. The molecule has 20 heavy (non-hydrogen) atoms. The van der Waals surface area contributed by atoms with Gasteiger partial charge in [-0.3, -0.25) is 9.59 Å². The van der Waals surface area contributed by atoms with Crippen molar-refractivity contribution in [1.82, 2.24) is 5.32 Å². The molecule has 1 aromatic carbocycles. The molecule has 0 unspecified atom stereocenters. The fourth-order valence-electron chi connectivity index (χ4n) is 2.92. The lowest BCUT2D eigenvalue weighted by Crippen LogP contribution is -2.36. The van der Waals surface area contributed by atoms with Gasteiger partial charge in [0.05, 0.1) is 10.0 Å². The maximum absolute atomic E-state index is 12.2. The molecule has 0 bridgehead atoms. The molecule has 1 aromatic rings. The molecule has 104 valence electrons. The fourth-order valence-corrected chi connectivity index (χ4v) is 3.22. The van der Waals surface area contributed by atoms with Gasteiger partial charge >= 0.3 is 0 Å². The van der Waals surface area contributed by atoms with Crippen molar-refractivity contribution in [3.8, 4) is 0 Å². The molecule has 1 atom stereocenters. The number of carbonyl (C=O) groups excluding carboxylic acids is 2. The number of halogens is 2. The van der Waals surface area contributed by atoms with E-state index >= 15 is 0 Å². The predicted octanol–water partition coefficient (Wildman–Crippen LogP) is 3.60. The summed E-state index contributed by atoms with van der Waals surface area (Å²) in [5, 5.41) is 3.75. The number of hydrogen-bond acceptors (Lipinski definition) is 2. The quantitative estimate of drug-likeness (QED) is 0.861. The Morgan fingerprint density at radius 3 is 2.65 bits per heavy atom. The largest absolute Gasteiger partial charge is 0.329 e. The molecule has 1 N–H and O–H groups in total. The highest BCUT2D eigenvalue weighted by molar-refractivity contribution is 6.42. The van der Waals surface area contributed by atoms with E-state index in [4.69, 9.17) is 23.2 Å². The first kappa shape index (κ1) is 13.7. The number of benzene rings is 1. The van der Waals surface area contributed by atoms with Crippen molar-refractivity contribution in [1.29, 1.82) is 0 Å². The van der Waals surface area contributed by atoms with Gasteiger partial charge in [0.1, 0.15) is 0 Å². The Morgan fingerprint density at radius 2 is 1.90 bits per heavy atom. The number of carbonyl (C=O) groups is 2. The van der Waals surface area contributed by atoms with E-state index in [1.54, 1.807) is 12.1 Å². The number of rotatable bonds is 1. The Hall–Kier alpha value is -1.32. The van der Waals surface area contributed by atoms with Gasteiger partial charge in [-0.25, -0.2) is 0 Å². The highest BCUT2D eigenvalue weighted by Crippen LogP contribution is 2.39. The minimum atomic E-state index is -0.207. The second-order valence-electron chi connectivity index (χ2n) is 5.15. The molecule has 1 aliphatic carbocycles. The third-order valence-corrected chi connectivity index (χ3v) is 4.57. The highest BCUT2D eigenvalue weighted by Gasteiger charge is 2.34. The molecule has 5 heteroatoms. The van der Waals surface area contributed by atoms with Crippen LogP contribution in [0.1, 0.15) is 37.2 Å². The number of hydrogen-bond donors (Lipinski definition) is 1. The summed E-state index contributed by atoms with van der Waals surface area (Å²) in [5.41, 5.74) is 2.40. The van der Waals surface area contributed by atoms with E-state index in [1.807, 2.05) is 6.07 Å². The molecule has 0 saturated heterocycles. The Labute approximate surface area is 126 Å². The number of allylic oxidation sites excluding steroid dienone is 2. The summed E-state index contributed by atoms with van der Waals surface area (Å²) in [6.45, 7) is 0. The van der Waals surface area contributed by atoms with E-state index in [2.05, 4.69) is 5.32 Å². The lowest BCUT2D eigenvalue weighted by Gasteiger charge is -2.31. The summed E-state index contributed by atoms with van der Waals surface area (Å²) in [6, 6.07) is 5.29. The van der Waals surface area contributed by atoms with E-state index < -0.39 is 0 Å². The summed E-state index contributed by atoms with van der Waals surface area (Å²) < 4.78 is 0. The molecule has 0 fully saturated rings. The van der Waals surface area contributed by atoms with Crippen molar-refractivity contribution in [2.45, 2.75) is 31.6 Å². The minimum Gasteiger partial charge on any atom is -0.329 e. The SMILES string of the molecule is O=C1C[C@H](c2ccc(Cl)c(Cl)c2)C2=C(CCCC2=O)N1. The van der Waals surface area contributed by atoms with Crippen LogP contribution in [0.25, 0.3) is 0 Å². The van der Waals surface area contributed by atoms with Gasteiger partial charge in [-0.2, -0.15) is 0 Å². The molecule has 1 aliphatic heterocycles. The molecule has 0 saturated carbocycles. The normalized spacial score (nSPS) is 22.6. The molecule has 3 rings (SSSR count). The van der Waals surface area contributed by atoms with Crippen LogP contribution in [-0.2, 0) is 9.59 Å². The first-order valence-electron chi connectivity index (χ1n) is 6.57. The number of nitrogens with one attached hydrogen (secondary N) is 1. The van der Waals surface area contributed by atoms with Crippen molar-refractivity contribution in [3.05, 3.63) is 45.1 Å². The van der Waals surface area contributed by atoms with Crippen LogP contribution in [0.2, 0.25) is 10.0 Å². The van der Waals surface area contributed by atoms with Crippen LogP contribution in [0.15, 0.2) is 29.5 Å². The van der Waals surface area contributed by atoms with Crippen molar-refractivity contribution in [2.24, 2.45) is 0 Å². The van der Waals surface area contributed by atoms with Gasteiger partial charge < -0.3 is 5.32 Å². The molecular formula is C15H13Cl2NO2. The minimum absolute atomic E-state index is 0.0467. The summed E-state index contributed by atoms with van der Waals surface area (Å²) in [7, 11) is 0. The summed E-state index contributed by atoms with van der Waals surface area (Å²) in [5.74, 6) is -0.127. The van der Waals surface area contributed by atoms with Crippen LogP contribution in [0.3, 0.4) is 0 Å². The summed E-state index contributed by atoms with van der Waals surface area (Å²) in [6.07, 6.45) is 2.38. The van der Waals surface area contributed by atoms with Crippen LogP contribution in [-0.4, -0.2) is 11.7 Å². The van der Waals surface area contributed by atoms with Crippen molar-refractivity contribution in [2.75, 3.05) is 0 Å². The zero-order valence-electron chi connectivity index (χ0n) is 10.7. The molecular weight excluding hydrogens is 297 g/mol. The zero-order chi connectivity index (χ0) is 14.3. The number of Topliss-reactive ketones (excluding diaryl/α,β-unsaturated/α-hetero) is 1. The van der Waals surface area contributed by atoms with E-state index in [9.17, 15) is 9.59 Å². The Bertz CT molecular complexity index is 637. The second-order valence-corrected chi connectivity index (χ2v) is 5.96. The van der Waals surface area contributed by atoms with Crippen LogP contribution in [0.4, 0.5) is 0 Å². The van der Waals surface area contributed by atoms with Gasteiger partial charge in [-0.1, -0.05) is 29.3 Å². The zero-order valence-corrected chi connectivity index (χ0v) is 12.2. The van der Waals surface area contributed by atoms with Crippen LogP contribution in [0, 0.1) is 0 Å². The van der Waals surface area contributed by atoms with E-state index in [-0.39, 0.29) is 24.0 Å². The lowest BCUT2D eigenvalue weighted by atomic mass is 9.78. The summed E-state index contributed by atoms with van der Waals surface area (Å²) >= 11 is 12.0. The standard InChI is InChI=1S/C15H13Cl2NO2/c16-10-5-4-8(6-11(10)17)9-7-14(20)18-12-2-1-3-13(19)15(9)12/h4-6,9H,1-3,7H2,(H,18,20)/t9-/m1/s1. The average Bonchev–Trinajstić information content (AvgIpc) is 2.41. The van der Waals surface area contributed by atoms with E-state index in [1.165, 1.54) is 0 Å². The Kier molecular flexibility index (Phi) is 3.57. The topological polar surface area (TPSA) is 46.2 Å². The number of ketones is 1. The summed E-state index contributed by atoms with van der Waals surface area (Å²) in [4.78, 5) is 24.0. The maximum atomic E-state index is 12.2. The molecule has 0 aromatic heterocycles. The van der Waals surface area contributed by atoms with Crippen LogP contribution >= 0.6 is 23.2 Å². The fraction of sp³-hybridized carbons (Fsp3) is 0.333. The van der Waals surface area contributed by atoms with Crippen molar-refractivity contribution < 1.29 is 9.59 Å². The van der Waals surface area contributed by atoms with Crippen LogP contribution in [0.5, 0.6) is 0 Å². The highest BCUT2D eigenvalue weighted by atomic mass is 35.5. The predicted molar refractivity (Wildman–Crippen MR) is 77.8 cm³/mol. The molecule has 1 heterocycles. The second kappa shape index (κ2) is 5.23. The molecule has 0 radical (unpaired) electrons. The first-order valence-corrected chi connectivity index (χ1v) is 7.33. The van der Waals surface area contributed by atoms with Crippen molar-refractivity contribution >= 4 is 34.9 Å². The van der Waals surface area contributed by atoms with Gasteiger partial charge in [-0.05, 0) is 30.5 Å². The molecule has 0 spiro atoms. The van der Waals surface area contributed by atoms with Crippen molar-refractivity contribution in [3.63, 3.8) is 0 Å². The number of amides is 1. The van der Waals surface area contributed by atoms with Gasteiger partial charge in [0.15, 0.2) is 5.78 Å². The third kappa shape index (κ3) is 2.36. The average molecular weight is 310 g/mol. The van der Waals surface area contributed by atoms with E-state index in [0.29, 0.717) is 16.5 Å². The Balaban J connectivity index is 2.08. The lowest BCUT2D eigenvalue weighted by molar-refractivity contribution is -0.122. The Morgan fingerprint density at radius 1 is 1.10 bits per heavy atom. The van der Waals surface area contributed by atoms with E-state index in [0.717, 1.165) is 29.7 Å². The molecule has 3 nitrogen and oxygen atoms in total. The molecule has 1 amide bonds. The van der Waals surface area contributed by atoms with Gasteiger partial charge in [0, 0.05) is 30.0 Å². The van der Waals surface area contributed by atoms with Gasteiger partial charge in [0.2, 0.25) is 5.91 Å². The monoisotopic (exact) mass is 309 g/mol. The maximum Gasteiger partial charge on any atom is 0.225 e.